The highest BCUT2D eigenvalue weighted by molar-refractivity contribution is 5.34. The molecule has 0 saturated carbocycles. The molecule has 112 valence electrons. The summed E-state index contributed by atoms with van der Waals surface area (Å²) in [6.07, 6.45) is 8.83. The van der Waals surface area contributed by atoms with E-state index in [-0.39, 0.29) is 0 Å². The van der Waals surface area contributed by atoms with Gasteiger partial charge in [0.15, 0.2) is 0 Å². The number of rotatable bonds is 5. The number of imidazole rings is 1. The van der Waals surface area contributed by atoms with Crippen molar-refractivity contribution in [2.75, 3.05) is 6.54 Å². The summed E-state index contributed by atoms with van der Waals surface area (Å²) < 4.78 is 2.16. The Balaban J connectivity index is 1.96. The van der Waals surface area contributed by atoms with E-state index in [1.165, 1.54) is 30.4 Å². The average Bonchev–Trinajstić information content (AvgIpc) is 2.94. The normalized spacial score (nSPS) is 19.2. The second-order valence-corrected chi connectivity index (χ2v) is 6.03. The zero-order chi connectivity index (χ0) is 14.7. The molecule has 1 aromatic heterocycles. The highest BCUT2D eigenvalue weighted by Crippen LogP contribution is 2.39. The molecule has 1 heterocycles. The van der Waals surface area contributed by atoms with Crippen LogP contribution in [0.1, 0.15) is 55.1 Å². The number of benzene rings is 1. The number of aromatic nitrogens is 2. The minimum Gasteiger partial charge on any atom is -0.337 e. The van der Waals surface area contributed by atoms with Crippen molar-refractivity contribution >= 4 is 0 Å². The molecule has 1 aliphatic rings. The van der Waals surface area contributed by atoms with Gasteiger partial charge in [-0.05, 0) is 43.4 Å². The van der Waals surface area contributed by atoms with E-state index in [1.807, 2.05) is 12.4 Å². The predicted molar refractivity (Wildman–Crippen MR) is 86.4 cm³/mol. The van der Waals surface area contributed by atoms with Crippen LogP contribution < -0.4 is 5.32 Å². The average molecular weight is 283 g/mol. The van der Waals surface area contributed by atoms with Gasteiger partial charge in [-0.3, -0.25) is 0 Å². The molecule has 0 spiro atoms. The summed E-state index contributed by atoms with van der Waals surface area (Å²) in [5.74, 6) is 1.69. The number of nitrogens with zero attached hydrogens (tertiary/aromatic N) is 2. The van der Waals surface area contributed by atoms with Crippen molar-refractivity contribution in [1.82, 2.24) is 14.9 Å². The molecule has 3 rings (SSSR count). The van der Waals surface area contributed by atoms with E-state index in [1.54, 1.807) is 0 Å². The van der Waals surface area contributed by atoms with Crippen molar-refractivity contribution < 1.29 is 0 Å². The first-order valence-corrected chi connectivity index (χ1v) is 8.09. The quantitative estimate of drug-likeness (QED) is 0.909. The zero-order valence-corrected chi connectivity index (χ0v) is 13.0. The van der Waals surface area contributed by atoms with Crippen LogP contribution in [0.15, 0.2) is 36.7 Å². The van der Waals surface area contributed by atoms with Crippen molar-refractivity contribution in [2.24, 2.45) is 7.05 Å². The fourth-order valence-corrected chi connectivity index (χ4v) is 3.53. The minimum atomic E-state index is 0.311. The van der Waals surface area contributed by atoms with Crippen LogP contribution in [0.4, 0.5) is 0 Å². The number of hydrogen-bond acceptors (Lipinski definition) is 2. The van der Waals surface area contributed by atoms with Gasteiger partial charge in [0.1, 0.15) is 5.82 Å². The van der Waals surface area contributed by atoms with E-state index in [9.17, 15) is 0 Å². The Bertz CT molecular complexity index is 588. The lowest BCUT2D eigenvalue weighted by molar-refractivity contribution is 0.380. The molecular weight excluding hydrogens is 258 g/mol. The van der Waals surface area contributed by atoms with Crippen LogP contribution in [0.5, 0.6) is 0 Å². The SMILES string of the molecule is CCCNC(c1nccn1C)C1CCCc2ccccc21. The second-order valence-electron chi connectivity index (χ2n) is 6.03. The van der Waals surface area contributed by atoms with Crippen molar-refractivity contribution in [3.05, 3.63) is 53.6 Å². The maximum absolute atomic E-state index is 4.62. The van der Waals surface area contributed by atoms with Crippen LogP contribution in [0, 0.1) is 0 Å². The molecule has 1 aliphatic carbocycles. The third-order valence-corrected chi connectivity index (χ3v) is 4.57. The summed E-state index contributed by atoms with van der Waals surface area (Å²) >= 11 is 0. The highest BCUT2D eigenvalue weighted by atomic mass is 15.1. The number of aryl methyl sites for hydroxylation is 2. The van der Waals surface area contributed by atoms with Gasteiger partial charge in [-0.2, -0.15) is 0 Å². The van der Waals surface area contributed by atoms with E-state index in [4.69, 9.17) is 0 Å². The van der Waals surface area contributed by atoms with Gasteiger partial charge in [0.2, 0.25) is 0 Å². The van der Waals surface area contributed by atoms with Gasteiger partial charge >= 0.3 is 0 Å². The van der Waals surface area contributed by atoms with Crippen LogP contribution in [0.2, 0.25) is 0 Å². The molecule has 0 saturated heterocycles. The Labute approximate surface area is 127 Å². The lowest BCUT2D eigenvalue weighted by Gasteiger charge is -2.32. The summed E-state index contributed by atoms with van der Waals surface area (Å²) in [6, 6.07) is 9.24. The van der Waals surface area contributed by atoms with Crippen molar-refractivity contribution in [2.45, 2.75) is 44.6 Å². The summed E-state index contributed by atoms with van der Waals surface area (Å²) in [4.78, 5) is 4.62. The molecule has 0 amide bonds. The van der Waals surface area contributed by atoms with Gasteiger partial charge in [-0.1, -0.05) is 31.2 Å². The smallest absolute Gasteiger partial charge is 0.126 e. The molecule has 0 bridgehead atoms. The van der Waals surface area contributed by atoms with Crippen LogP contribution in [0.3, 0.4) is 0 Å². The van der Waals surface area contributed by atoms with Crippen LogP contribution in [-0.2, 0) is 13.5 Å². The van der Waals surface area contributed by atoms with Gasteiger partial charge in [-0.25, -0.2) is 4.98 Å². The maximum atomic E-state index is 4.62. The number of hydrogen-bond donors (Lipinski definition) is 1. The van der Waals surface area contributed by atoms with Crippen molar-refractivity contribution in [1.29, 1.82) is 0 Å². The first-order valence-electron chi connectivity index (χ1n) is 8.09. The van der Waals surface area contributed by atoms with Gasteiger partial charge in [0.05, 0.1) is 6.04 Å². The molecule has 21 heavy (non-hydrogen) atoms. The van der Waals surface area contributed by atoms with Crippen molar-refractivity contribution in [3.8, 4) is 0 Å². The molecule has 2 atom stereocenters. The van der Waals surface area contributed by atoms with E-state index in [0.717, 1.165) is 18.8 Å². The Kier molecular flexibility index (Phi) is 4.39. The third kappa shape index (κ3) is 2.88. The summed E-state index contributed by atoms with van der Waals surface area (Å²) in [7, 11) is 2.09. The van der Waals surface area contributed by atoms with Gasteiger partial charge < -0.3 is 9.88 Å². The summed E-state index contributed by atoms with van der Waals surface area (Å²) in [5.41, 5.74) is 3.03. The number of fused-ring (bicyclic) bond motifs is 1. The Morgan fingerprint density at radius 1 is 1.38 bits per heavy atom. The molecule has 0 aliphatic heterocycles. The molecule has 1 N–H and O–H groups in total. The molecule has 3 heteroatoms. The first-order chi connectivity index (χ1) is 10.3. The van der Waals surface area contributed by atoms with E-state index in [0.29, 0.717) is 12.0 Å². The fraction of sp³-hybridized carbons (Fsp3) is 0.500. The molecule has 1 aromatic carbocycles. The third-order valence-electron chi connectivity index (χ3n) is 4.57. The summed E-state index contributed by atoms with van der Waals surface area (Å²) in [5, 5.41) is 3.74. The fourth-order valence-electron chi connectivity index (χ4n) is 3.53. The Morgan fingerprint density at radius 2 is 2.24 bits per heavy atom. The molecule has 0 fully saturated rings. The van der Waals surface area contributed by atoms with E-state index >= 15 is 0 Å². The molecule has 3 nitrogen and oxygen atoms in total. The molecular formula is C18H25N3. The van der Waals surface area contributed by atoms with Gasteiger partial charge in [0, 0.05) is 25.4 Å². The Hall–Kier alpha value is -1.61. The van der Waals surface area contributed by atoms with Crippen LogP contribution >= 0.6 is 0 Å². The first kappa shape index (κ1) is 14.3. The zero-order valence-electron chi connectivity index (χ0n) is 13.0. The maximum Gasteiger partial charge on any atom is 0.126 e. The van der Waals surface area contributed by atoms with Gasteiger partial charge in [0.25, 0.3) is 0 Å². The lowest BCUT2D eigenvalue weighted by atomic mass is 9.78. The van der Waals surface area contributed by atoms with Crippen LogP contribution in [-0.4, -0.2) is 16.1 Å². The second kappa shape index (κ2) is 6.44. The highest BCUT2D eigenvalue weighted by Gasteiger charge is 2.30. The molecule has 2 unspecified atom stereocenters. The molecule has 0 radical (unpaired) electrons. The number of nitrogens with one attached hydrogen (secondary N) is 1. The van der Waals surface area contributed by atoms with Crippen molar-refractivity contribution in [3.63, 3.8) is 0 Å². The van der Waals surface area contributed by atoms with E-state index < -0.39 is 0 Å². The minimum absolute atomic E-state index is 0.311. The predicted octanol–water partition coefficient (Wildman–Crippen LogP) is 3.58. The molecule has 2 aromatic rings. The Morgan fingerprint density at radius 3 is 3.00 bits per heavy atom. The van der Waals surface area contributed by atoms with Gasteiger partial charge in [-0.15, -0.1) is 0 Å². The topological polar surface area (TPSA) is 29.9 Å². The largest absolute Gasteiger partial charge is 0.337 e. The van der Waals surface area contributed by atoms with Crippen LogP contribution in [0.25, 0.3) is 0 Å². The lowest BCUT2D eigenvalue weighted by Crippen LogP contribution is -2.31. The summed E-state index contributed by atoms with van der Waals surface area (Å²) in [6.45, 7) is 3.26. The standard InChI is InChI=1S/C18H25N3/c1-3-11-19-17(18-20-12-13-21(18)2)16-10-6-8-14-7-4-5-9-15(14)16/h4-5,7,9,12-13,16-17,19H,3,6,8,10-11H2,1-2H3. The van der Waals surface area contributed by atoms with E-state index in [2.05, 4.69) is 53.1 Å². The monoisotopic (exact) mass is 283 g/mol.